The minimum Gasteiger partial charge on any atom is -0.497 e. The van der Waals surface area contributed by atoms with Crippen molar-refractivity contribution in [3.05, 3.63) is 18.2 Å². The summed E-state index contributed by atoms with van der Waals surface area (Å²) in [5.41, 5.74) is 7.07. The maximum atomic E-state index is 12.2. The number of nitrogens with zero attached hydrogens (tertiary/aromatic N) is 1. The van der Waals surface area contributed by atoms with Crippen molar-refractivity contribution in [1.29, 1.82) is 0 Å². The van der Waals surface area contributed by atoms with E-state index in [1.807, 2.05) is 0 Å². The lowest BCUT2D eigenvalue weighted by atomic mass is 9.92. The molecule has 2 unspecified atom stereocenters. The lowest BCUT2D eigenvalue weighted by Crippen LogP contribution is -2.42. The van der Waals surface area contributed by atoms with Crippen LogP contribution in [0.4, 0.5) is 11.4 Å². The molecule has 1 saturated heterocycles. The van der Waals surface area contributed by atoms with Crippen LogP contribution in [0.2, 0.25) is 0 Å². The van der Waals surface area contributed by atoms with Crippen molar-refractivity contribution in [2.24, 2.45) is 11.8 Å². The van der Waals surface area contributed by atoms with Gasteiger partial charge in [-0.25, -0.2) is 0 Å². The summed E-state index contributed by atoms with van der Waals surface area (Å²) in [5.74, 6) is 1.96. The van der Waals surface area contributed by atoms with E-state index in [9.17, 15) is 4.79 Å². The molecule has 1 aromatic carbocycles. The highest BCUT2D eigenvalue weighted by atomic mass is 16.5. The monoisotopic (exact) mass is 291 g/mol. The Hall–Kier alpha value is -1.75. The predicted molar refractivity (Wildman–Crippen MR) is 85.4 cm³/mol. The first kappa shape index (κ1) is 15.6. The van der Waals surface area contributed by atoms with Gasteiger partial charge in [0, 0.05) is 19.2 Å². The van der Waals surface area contributed by atoms with E-state index >= 15 is 0 Å². The van der Waals surface area contributed by atoms with Crippen molar-refractivity contribution >= 4 is 17.3 Å². The number of hydrogen-bond acceptors (Lipinski definition) is 4. The van der Waals surface area contributed by atoms with Crippen LogP contribution in [0.3, 0.4) is 0 Å². The van der Waals surface area contributed by atoms with Crippen LogP contribution in [-0.4, -0.2) is 37.6 Å². The second-order valence-corrected chi connectivity index (χ2v) is 6.14. The molecule has 1 amide bonds. The minimum atomic E-state index is -0.0202. The highest BCUT2D eigenvalue weighted by molar-refractivity contribution is 5.95. The number of anilines is 2. The number of nitrogen functional groups attached to an aromatic ring is 1. The number of nitrogens with one attached hydrogen (secondary N) is 1. The van der Waals surface area contributed by atoms with E-state index in [1.54, 1.807) is 25.3 Å². The molecule has 2 rings (SSSR count). The molecule has 5 heteroatoms. The lowest BCUT2D eigenvalue weighted by Gasteiger charge is -2.34. The van der Waals surface area contributed by atoms with Crippen molar-refractivity contribution in [3.63, 3.8) is 0 Å². The normalized spacial score (nSPS) is 22.8. The first-order valence-corrected chi connectivity index (χ1v) is 7.43. The average Bonchev–Trinajstić information content (AvgIpc) is 2.39. The quantitative estimate of drug-likeness (QED) is 0.835. The number of likely N-dealkylation sites (tertiary alicyclic amines) is 1. The molecule has 0 aromatic heterocycles. The van der Waals surface area contributed by atoms with Crippen LogP contribution in [-0.2, 0) is 4.79 Å². The van der Waals surface area contributed by atoms with Gasteiger partial charge in [-0.15, -0.1) is 0 Å². The molecule has 1 heterocycles. The Kier molecular flexibility index (Phi) is 5.07. The summed E-state index contributed by atoms with van der Waals surface area (Å²) in [4.78, 5) is 14.4. The number of ether oxygens (including phenoxy) is 1. The number of amides is 1. The van der Waals surface area contributed by atoms with E-state index in [0.717, 1.165) is 13.1 Å². The average molecular weight is 291 g/mol. The summed E-state index contributed by atoms with van der Waals surface area (Å²) in [5, 5.41) is 2.88. The van der Waals surface area contributed by atoms with Gasteiger partial charge >= 0.3 is 0 Å². The standard InChI is InChI=1S/C16H25N3O2/c1-11-6-12(2)9-19(8-11)10-16(20)18-15-5-4-13(21-3)7-14(15)17/h4-5,7,11-12H,6,8-10,17H2,1-3H3,(H,18,20). The fraction of sp³-hybridized carbons (Fsp3) is 0.562. The Morgan fingerprint density at radius 2 is 2.05 bits per heavy atom. The summed E-state index contributed by atoms with van der Waals surface area (Å²) < 4.78 is 5.10. The van der Waals surface area contributed by atoms with Crippen LogP contribution in [0.1, 0.15) is 20.3 Å². The number of nitrogens with two attached hydrogens (primary N) is 1. The second-order valence-electron chi connectivity index (χ2n) is 6.14. The largest absolute Gasteiger partial charge is 0.497 e. The highest BCUT2D eigenvalue weighted by Gasteiger charge is 2.23. The van der Waals surface area contributed by atoms with E-state index in [4.69, 9.17) is 10.5 Å². The van der Waals surface area contributed by atoms with Gasteiger partial charge < -0.3 is 15.8 Å². The Morgan fingerprint density at radius 3 is 2.62 bits per heavy atom. The van der Waals surface area contributed by atoms with Gasteiger partial charge in [0.25, 0.3) is 0 Å². The maximum Gasteiger partial charge on any atom is 0.238 e. The molecule has 3 N–H and O–H groups in total. The molecule has 0 bridgehead atoms. The molecular weight excluding hydrogens is 266 g/mol. The van der Waals surface area contributed by atoms with Gasteiger partial charge in [-0.1, -0.05) is 13.8 Å². The van der Waals surface area contributed by atoms with E-state index in [1.165, 1.54) is 6.42 Å². The third-order valence-corrected chi connectivity index (χ3v) is 3.84. The highest BCUT2D eigenvalue weighted by Crippen LogP contribution is 2.24. The van der Waals surface area contributed by atoms with Gasteiger partial charge in [-0.3, -0.25) is 9.69 Å². The molecule has 116 valence electrons. The minimum absolute atomic E-state index is 0.0202. The van der Waals surface area contributed by atoms with Crippen molar-refractivity contribution in [2.45, 2.75) is 20.3 Å². The zero-order chi connectivity index (χ0) is 15.4. The first-order valence-electron chi connectivity index (χ1n) is 7.43. The van der Waals surface area contributed by atoms with Crippen LogP contribution in [0.15, 0.2) is 18.2 Å². The van der Waals surface area contributed by atoms with E-state index in [2.05, 4.69) is 24.1 Å². The molecule has 0 spiro atoms. The number of benzene rings is 1. The van der Waals surface area contributed by atoms with E-state index in [-0.39, 0.29) is 5.91 Å². The molecule has 0 aliphatic carbocycles. The molecule has 5 nitrogen and oxygen atoms in total. The third kappa shape index (κ3) is 4.36. The Bertz CT molecular complexity index is 494. The van der Waals surface area contributed by atoms with Crippen LogP contribution in [0.25, 0.3) is 0 Å². The van der Waals surface area contributed by atoms with Crippen molar-refractivity contribution in [2.75, 3.05) is 37.8 Å². The van der Waals surface area contributed by atoms with Crippen molar-refractivity contribution < 1.29 is 9.53 Å². The first-order chi connectivity index (χ1) is 9.97. The zero-order valence-electron chi connectivity index (χ0n) is 13.1. The van der Waals surface area contributed by atoms with Crippen molar-refractivity contribution in [3.8, 4) is 5.75 Å². The van der Waals surface area contributed by atoms with Crippen molar-refractivity contribution in [1.82, 2.24) is 4.90 Å². The topological polar surface area (TPSA) is 67.6 Å². The molecule has 21 heavy (non-hydrogen) atoms. The van der Waals surface area contributed by atoms with Gasteiger partial charge in [0.2, 0.25) is 5.91 Å². The van der Waals surface area contributed by atoms with Crippen LogP contribution in [0, 0.1) is 11.8 Å². The Balaban J connectivity index is 1.92. The Labute approximate surface area is 126 Å². The molecule has 0 saturated carbocycles. The van der Waals surface area contributed by atoms with Crippen LogP contribution in [0.5, 0.6) is 5.75 Å². The fourth-order valence-electron chi connectivity index (χ4n) is 3.10. The summed E-state index contributed by atoms with van der Waals surface area (Å²) >= 11 is 0. The molecular formula is C16H25N3O2. The van der Waals surface area contributed by atoms with Gasteiger partial charge in [-0.05, 0) is 30.4 Å². The summed E-state index contributed by atoms with van der Waals surface area (Å²) in [6.07, 6.45) is 1.24. The molecule has 2 atom stereocenters. The summed E-state index contributed by atoms with van der Waals surface area (Å²) in [6, 6.07) is 5.27. The molecule has 1 aromatic rings. The maximum absolute atomic E-state index is 12.2. The lowest BCUT2D eigenvalue weighted by molar-refractivity contribution is -0.117. The van der Waals surface area contributed by atoms with Gasteiger partial charge in [0.15, 0.2) is 0 Å². The number of rotatable bonds is 4. The molecule has 1 fully saturated rings. The third-order valence-electron chi connectivity index (χ3n) is 3.84. The van der Waals surface area contributed by atoms with Crippen LogP contribution < -0.4 is 15.8 Å². The number of carbonyl (C=O) groups excluding carboxylic acids is 1. The fourth-order valence-corrected chi connectivity index (χ4v) is 3.10. The summed E-state index contributed by atoms with van der Waals surface area (Å²) in [6.45, 7) is 6.86. The summed E-state index contributed by atoms with van der Waals surface area (Å²) in [7, 11) is 1.59. The SMILES string of the molecule is COc1ccc(NC(=O)CN2CC(C)CC(C)C2)c(N)c1. The zero-order valence-corrected chi connectivity index (χ0v) is 13.1. The van der Waals surface area contributed by atoms with E-state index < -0.39 is 0 Å². The number of carbonyl (C=O) groups is 1. The number of methoxy groups -OCH3 is 1. The van der Waals surface area contributed by atoms with Crippen LogP contribution >= 0.6 is 0 Å². The Morgan fingerprint density at radius 1 is 1.38 bits per heavy atom. The van der Waals surface area contributed by atoms with Gasteiger partial charge in [0.1, 0.15) is 5.75 Å². The van der Waals surface area contributed by atoms with Gasteiger partial charge in [-0.2, -0.15) is 0 Å². The van der Waals surface area contributed by atoms with Gasteiger partial charge in [0.05, 0.1) is 25.0 Å². The molecule has 1 aliphatic heterocycles. The predicted octanol–water partition coefficient (Wildman–Crippen LogP) is 2.19. The number of hydrogen-bond donors (Lipinski definition) is 2. The van der Waals surface area contributed by atoms with E-state index in [0.29, 0.717) is 35.5 Å². The smallest absolute Gasteiger partial charge is 0.238 e. The molecule has 1 aliphatic rings. The second kappa shape index (κ2) is 6.80. The number of piperidine rings is 1. The molecule has 0 radical (unpaired) electrons.